The van der Waals surface area contributed by atoms with Gasteiger partial charge in [-0.3, -0.25) is 0 Å². The van der Waals surface area contributed by atoms with Crippen molar-refractivity contribution in [1.82, 2.24) is 5.32 Å². The molecule has 1 N–H and O–H groups in total. The monoisotopic (exact) mass is 221 g/mol. The molecule has 16 heavy (non-hydrogen) atoms. The van der Waals surface area contributed by atoms with Crippen LogP contribution in [0.1, 0.15) is 31.9 Å². The van der Waals surface area contributed by atoms with Crippen LogP contribution in [0.4, 0.5) is 4.39 Å². The van der Waals surface area contributed by atoms with E-state index < -0.39 is 0 Å². The number of hydrogen-bond acceptors (Lipinski definition) is 1. The van der Waals surface area contributed by atoms with Crippen molar-refractivity contribution in [3.63, 3.8) is 0 Å². The van der Waals surface area contributed by atoms with E-state index in [9.17, 15) is 4.39 Å². The summed E-state index contributed by atoms with van der Waals surface area (Å²) in [6.07, 6.45) is 1.90. The first-order valence-electron chi connectivity index (χ1n) is 5.65. The lowest BCUT2D eigenvalue weighted by molar-refractivity contribution is 0.619. The molecule has 0 amide bonds. The smallest absolute Gasteiger partial charge is 0.130 e. The molecule has 1 rings (SSSR count). The molecule has 0 atom stereocenters. The van der Waals surface area contributed by atoms with Gasteiger partial charge in [0.1, 0.15) is 5.82 Å². The highest BCUT2D eigenvalue weighted by Gasteiger charge is 2.00. The molecule has 0 heterocycles. The van der Waals surface area contributed by atoms with E-state index in [2.05, 4.69) is 19.2 Å². The van der Waals surface area contributed by atoms with Gasteiger partial charge in [-0.2, -0.15) is 0 Å². The van der Waals surface area contributed by atoms with Crippen LogP contribution in [-0.2, 0) is 0 Å². The van der Waals surface area contributed by atoms with Crippen LogP contribution >= 0.6 is 0 Å². The average molecular weight is 221 g/mol. The summed E-state index contributed by atoms with van der Waals surface area (Å²) >= 11 is 0. The highest BCUT2D eigenvalue weighted by atomic mass is 19.1. The lowest BCUT2D eigenvalue weighted by Gasteiger charge is -2.08. The third-order valence-electron chi connectivity index (χ3n) is 2.34. The number of hydrogen-bond donors (Lipinski definition) is 1. The minimum atomic E-state index is -0.158. The number of nitrogens with one attached hydrogen (secondary N) is 1. The van der Waals surface area contributed by atoms with E-state index in [0.717, 1.165) is 17.7 Å². The van der Waals surface area contributed by atoms with Crippen molar-refractivity contribution >= 4 is 6.08 Å². The van der Waals surface area contributed by atoms with E-state index >= 15 is 0 Å². The second-order valence-electron chi connectivity index (χ2n) is 4.55. The molecule has 1 nitrogen and oxygen atoms in total. The summed E-state index contributed by atoms with van der Waals surface area (Å²) in [5.41, 5.74) is 2.89. The second kappa shape index (κ2) is 5.80. The van der Waals surface area contributed by atoms with Crippen molar-refractivity contribution in [3.05, 3.63) is 40.7 Å². The largest absolute Gasteiger partial charge is 0.311 e. The van der Waals surface area contributed by atoms with E-state index in [1.54, 1.807) is 6.07 Å². The van der Waals surface area contributed by atoms with Crippen LogP contribution in [-0.4, -0.2) is 12.6 Å². The molecule has 0 aromatic heterocycles. The maximum Gasteiger partial charge on any atom is 0.130 e. The number of aryl methyl sites for hydroxylation is 1. The molecule has 0 fully saturated rings. The van der Waals surface area contributed by atoms with Crippen molar-refractivity contribution in [2.45, 2.75) is 33.7 Å². The number of rotatable bonds is 4. The summed E-state index contributed by atoms with van der Waals surface area (Å²) in [5.74, 6) is -0.158. The van der Waals surface area contributed by atoms with Crippen molar-refractivity contribution in [2.24, 2.45) is 0 Å². The van der Waals surface area contributed by atoms with E-state index in [1.165, 1.54) is 6.07 Å². The summed E-state index contributed by atoms with van der Waals surface area (Å²) in [7, 11) is 0. The molecule has 0 aliphatic carbocycles. The zero-order chi connectivity index (χ0) is 12.1. The van der Waals surface area contributed by atoms with Crippen LogP contribution in [0.25, 0.3) is 6.08 Å². The summed E-state index contributed by atoms with van der Waals surface area (Å²) in [6, 6.07) is 5.62. The quantitative estimate of drug-likeness (QED) is 0.820. The fraction of sp³-hybridized carbons (Fsp3) is 0.429. The Hall–Kier alpha value is -1.15. The third kappa shape index (κ3) is 4.15. The first-order valence-corrected chi connectivity index (χ1v) is 5.65. The van der Waals surface area contributed by atoms with E-state index in [-0.39, 0.29) is 5.82 Å². The molecule has 0 aliphatic heterocycles. The standard InChI is InChI=1S/C14H20FN/c1-10(2)16-9-12(4)8-13-7-11(3)5-6-14(13)15/h5-8,10,16H,9H2,1-4H3/b12-8+. The lowest BCUT2D eigenvalue weighted by Crippen LogP contribution is -2.24. The van der Waals surface area contributed by atoms with Gasteiger partial charge in [-0.15, -0.1) is 0 Å². The van der Waals surface area contributed by atoms with Crippen LogP contribution in [0.15, 0.2) is 23.8 Å². The Kier molecular flexibility index (Phi) is 4.69. The fourth-order valence-corrected chi connectivity index (χ4v) is 1.46. The summed E-state index contributed by atoms with van der Waals surface area (Å²) < 4.78 is 13.5. The van der Waals surface area contributed by atoms with Crippen molar-refractivity contribution in [3.8, 4) is 0 Å². The molecule has 0 radical (unpaired) electrons. The number of halogens is 1. The first-order chi connectivity index (χ1) is 7.49. The molecule has 0 saturated heterocycles. The molecule has 1 aromatic rings. The molecule has 0 saturated carbocycles. The van der Waals surface area contributed by atoms with Gasteiger partial charge in [0.05, 0.1) is 0 Å². The summed E-state index contributed by atoms with van der Waals surface area (Å²) in [4.78, 5) is 0. The van der Waals surface area contributed by atoms with E-state index in [1.807, 2.05) is 26.0 Å². The first kappa shape index (κ1) is 12.9. The molecular formula is C14H20FN. The summed E-state index contributed by atoms with van der Waals surface area (Å²) in [5, 5.41) is 3.31. The van der Waals surface area contributed by atoms with Gasteiger partial charge < -0.3 is 5.32 Å². The fourth-order valence-electron chi connectivity index (χ4n) is 1.46. The maximum atomic E-state index is 13.5. The van der Waals surface area contributed by atoms with Gasteiger partial charge in [-0.1, -0.05) is 37.1 Å². The molecule has 0 bridgehead atoms. The van der Waals surface area contributed by atoms with Crippen molar-refractivity contribution in [1.29, 1.82) is 0 Å². The minimum absolute atomic E-state index is 0.158. The Bertz CT molecular complexity index is 380. The molecule has 0 aliphatic rings. The predicted octanol–water partition coefficient (Wildman–Crippen LogP) is 3.54. The summed E-state index contributed by atoms with van der Waals surface area (Å²) in [6.45, 7) is 8.97. The molecule has 2 heteroatoms. The zero-order valence-corrected chi connectivity index (χ0v) is 10.5. The Labute approximate surface area is 97.4 Å². The molecule has 88 valence electrons. The Morgan fingerprint density at radius 1 is 1.44 bits per heavy atom. The van der Waals surface area contributed by atoms with Crippen LogP contribution in [0.2, 0.25) is 0 Å². The molecule has 0 unspecified atom stereocenters. The normalized spacial score (nSPS) is 12.2. The van der Waals surface area contributed by atoms with Gasteiger partial charge in [-0.25, -0.2) is 4.39 Å². The van der Waals surface area contributed by atoms with E-state index in [0.29, 0.717) is 11.6 Å². The lowest BCUT2D eigenvalue weighted by atomic mass is 10.1. The molecule has 0 spiro atoms. The van der Waals surface area contributed by atoms with Gasteiger partial charge in [0.2, 0.25) is 0 Å². The molecular weight excluding hydrogens is 201 g/mol. The second-order valence-corrected chi connectivity index (χ2v) is 4.55. The van der Waals surface area contributed by atoms with Crippen LogP contribution < -0.4 is 5.32 Å². The van der Waals surface area contributed by atoms with Crippen LogP contribution in [0, 0.1) is 12.7 Å². The van der Waals surface area contributed by atoms with Gasteiger partial charge >= 0.3 is 0 Å². The van der Waals surface area contributed by atoms with Crippen LogP contribution in [0.5, 0.6) is 0 Å². The van der Waals surface area contributed by atoms with Gasteiger partial charge in [0.15, 0.2) is 0 Å². The Morgan fingerprint density at radius 2 is 2.12 bits per heavy atom. The van der Waals surface area contributed by atoms with E-state index in [4.69, 9.17) is 0 Å². The van der Waals surface area contributed by atoms with Crippen molar-refractivity contribution in [2.75, 3.05) is 6.54 Å². The highest BCUT2D eigenvalue weighted by molar-refractivity contribution is 5.54. The highest BCUT2D eigenvalue weighted by Crippen LogP contribution is 2.13. The average Bonchev–Trinajstić information content (AvgIpc) is 2.20. The van der Waals surface area contributed by atoms with Gasteiger partial charge in [0.25, 0.3) is 0 Å². The number of benzene rings is 1. The SMILES string of the molecule is C/C(=C\c1cc(C)ccc1F)CNC(C)C. The zero-order valence-electron chi connectivity index (χ0n) is 10.5. The van der Waals surface area contributed by atoms with Crippen molar-refractivity contribution < 1.29 is 4.39 Å². The Balaban J connectivity index is 2.77. The maximum absolute atomic E-state index is 13.5. The topological polar surface area (TPSA) is 12.0 Å². The van der Waals surface area contributed by atoms with Gasteiger partial charge in [-0.05, 0) is 26.0 Å². The molecule has 1 aromatic carbocycles. The third-order valence-corrected chi connectivity index (χ3v) is 2.34. The minimum Gasteiger partial charge on any atom is -0.311 e. The predicted molar refractivity (Wildman–Crippen MR) is 67.9 cm³/mol. The van der Waals surface area contributed by atoms with Crippen LogP contribution in [0.3, 0.4) is 0 Å². The van der Waals surface area contributed by atoms with Gasteiger partial charge in [0, 0.05) is 18.2 Å². The Morgan fingerprint density at radius 3 is 2.75 bits per heavy atom.